The molecule has 1 aliphatic rings. The predicted octanol–water partition coefficient (Wildman–Crippen LogP) is -1.49. The predicted molar refractivity (Wildman–Crippen MR) is 69.8 cm³/mol. The molecule has 7 nitrogen and oxygen atoms in total. The molecule has 0 aromatic heterocycles. The lowest BCUT2D eigenvalue weighted by Gasteiger charge is -2.24. The first-order valence-corrected chi connectivity index (χ1v) is 8.11. The Bertz CT molecular complexity index is 413. The fourth-order valence-electron chi connectivity index (χ4n) is 2.10. The van der Waals surface area contributed by atoms with E-state index in [2.05, 4.69) is 4.72 Å². The average Bonchev–Trinajstić information content (AvgIpc) is 2.54. The SMILES string of the molecule is CC(C)CC(NS(C)(=O)=O)C(=O)N1CC(O)C(O)C1. The van der Waals surface area contributed by atoms with Gasteiger partial charge >= 0.3 is 0 Å². The van der Waals surface area contributed by atoms with E-state index in [1.165, 1.54) is 4.90 Å². The van der Waals surface area contributed by atoms with Gasteiger partial charge in [-0.25, -0.2) is 13.1 Å². The normalized spacial score (nSPS) is 25.9. The molecule has 112 valence electrons. The first-order valence-electron chi connectivity index (χ1n) is 6.22. The molecule has 0 saturated carbocycles. The molecule has 1 amide bonds. The van der Waals surface area contributed by atoms with Crippen LogP contribution in [-0.4, -0.2) is 67.0 Å². The third-order valence-electron chi connectivity index (χ3n) is 2.93. The molecule has 1 aliphatic heterocycles. The maximum atomic E-state index is 12.2. The van der Waals surface area contributed by atoms with Crippen LogP contribution in [0.5, 0.6) is 0 Å². The molecule has 0 aromatic carbocycles. The Hall–Kier alpha value is -0.700. The van der Waals surface area contributed by atoms with E-state index >= 15 is 0 Å². The van der Waals surface area contributed by atoms with Gasteiger partial charge in [0, 0.05) is 13.1 Å². The summed E-state index contributed by atoms with van der Waals surface area (Å²) >= 11 is 0. The van der Waals surface area contributed by atoms with Crippen molar-refractivity contribution in [2.24, 2.45) is 5.92 Å². The van der Waals surface area contributed by atoms with Crippen molar-refractivity contribution in [1.29, 1.82) is 0 Å². The zero-order valence-corrected chi connectivity index (χ0v) is 12.2. The van der Waals surface area contributed by atoms with Crippen LogP contribution in [0.25, 0.3) is 0 Å². The van der Waals surface area contributed by atoms with Crippen molar-refractivity contribution < 1.29 is 23.4 Å². The zero-order valence-electron chi connectivity index (χ0n) is 11.4. The van der Waals surface area contributed by atoms with Crippen molar-refractivity contribution in [1.82, 2.24) is 9.62 Å². The summed E-state index contributed by atoms with van der Waals surface area (Å²) in [6.45, 7) is 3.83. The number of likely N-dealkylation sites (tertiary alicyclic amines) is 1. The van der Waals surface area contributed by atoms with E-state index in [-0.39, 0.29) is 19.0 Å². The molecular weight excluding hydrogens is 272 g/mol. The quantitative estimate of drug-likeness (QED) is 0.573. The van der Waals surface area contributed by atoms with Crippen LogP contribution in [-0.2, 0) is 14.8 Å². The number of hydrogen-bond donors (Lipinski definition) is 3. The van der Waals surface area contributed by atoms with Crippen molar-refractivity contribution in [3.05, 3.63) is 0 Å². The molecule has 1 heterocycles. The zero-order chi connectivity index (χ0) is 14.8. The van der Waals surface area contributed by atoms with Gasteiger partial charge in [0.1, 0.15) is 6.04 Å². The number of hydrogen-bond acceptors (Lipinski definition) is 5. The summed E-state index contributed by atoms with van der Waals surface area (Å²) in [7, 11) is -3.49. The maximum absolute atomic E-state index is 12.2. The third-order valence-corrected chi connectivity index (χ3v) is 3.64. The molecule has 1 fully saturated rings. The molecule has 0 aliphatic carbocycles. The Morgan fingerprint density at radius 2 is 1.79 bits per heavy atom. The van der Waals surface area contributed by atoms with E-state index in [1.807, 2.05) is 13.8 Å². The lowest BCUT2D eigenvalue weighted by Crippen LogP contribution is -2.48. The second-order valence-corrected chi connectivity index (χ2v) is 7.23. The molecule has 8 heteroatoms. The van der Waals surface area contributed by atoms with E-state index in [0.717, 1.165) is 6.26 Å². The number of sulfonamides is 1. The van der Waals surface area contributed by atoms with Crippen molar-refractivity contribution in [2.75, 3.05) is 19.3 Å². The van der Waals surface area contributed by atoms with Gasteiger partial charge in [-0.2, -0.15) is 0 Å². The van der Waals surface area contributed by atoms with Crippen molar-refractivity contribution in [3.8, 4) is 0 Å². The van der Waals surface area contributed by atoms with Crippen LogP contribution in [0.1, 0.15) is 20.3 Å². The van der Waals surface area contributed by atoms with E-state index in [4.69, 9.17) is 0 Å². The minimum absolute atomic E-state index is 0.0278. The Morgan fingerprint density at radius 3 is 2.16 bits per heavy atom. The topological polar surface area (TPSA) is 107 Å². The number of β-amino-alcohol motifs (C(OH)–C–C–N with tert-alkyl or cyclic N) is 2. The molecule has 3 unspecified atom stereocenters. The van der Waals surface area contributed by atoms with Crippen LogP contribution >= 0.6 is 0 Å². The lowest BCUT2D eigenvalue weighted by atomic mass is 10.0. The van der Waals surface area contributed by atoms with Crippen LogP contribution in [0, 0.1) is 5.92 Å². The van der Waals surface area contributed by atoms with Gasteiger partial charge in [0.05, 0.1) is 18.5 Å². The second kappa shape index (κ2) is 6.17. The summed E-state index contributed by atoms with van der Waals surface area (Å²) in [6, 6.07) is -0.854. The largest absolute Gasteiger partial charge is 0.388 e. The van der Waals surface area contributed by atoms with E-state index in [1.54, 1.807) is 0 Å². The van der Waals surface area contributed by atoms with Gasteiger partial charge in [-0.3, -0.25) is 4.79 Å². The van der Waals surface area contributed by atoms with Crippen molar-refractivity contribution >= 4 is 15.9 Å². The number of aliphatic hydroxyl groups is 2. The van der Waals surface area contributed by atoms with Crippen molar-refractivity contribution in [2.45, 2.75) is 38.5 Å². The van der Waals surface area contributed by atoms with Gasteiger partial charge in [-0.15, -0.1) is 0 Å². The number of nitrogens with zero attached hydrogens (tertiary/aromatic N) is 1. The van der Waals surface area contributed by atoms with Gasteiger partial charge in [0.25, 0.3) is 0 Å². The van der Waals surface area contributed by atoms with E-state index in [0.29, 0.717) is 6.42 Å². The highest BCUT2D eigenvalue weighted by Gasteiger charge is 2.36. The number of carbonyl (C=O) groups excluding carboxylic acids is 1. The average molecular weight is 294 g/mol. The molecule has 0 bridgehead atoms. The number of nitrogens with one attached hydrogen (secondary N) is 1. The molecule has 3 N–H and O–H groups in total. The highest BCUT2D eigenvalue weighted by atomic mass is 32.2. The Labute approximate surface area is 113 Å². The van der Waals surface area contributed by atoms with Gasteiger partial charge in [0.2, 0.25) is 15.9 Å². The molecular formula is C11H22N2O5S. The maximum Gasteiger partial charge on any atom is 0.240 e. The van der Waals surface area contributed by atoms with Crippen LogP contribution in [0.2, 0.25) is 0 Å². The molecule has 0 radical (unpaired) electrons. The van der Waals surface area contributed by atoms with Crippen LogP contribution in [0.3, 0.4) is 0 Å². The lowest BCUT2D eigenvalue weighted by molar-refractivity contribution is -0.132. The third kappa shape index (κ3) is 5.06. The second-order valence-electron chi connectivity index (χ2n) is 5.45. The Balaban J connectivity index is 2.77. The first-order chi connectivity index (χ1) is 8.60. The number of amides is 1. The molecule has 19 heavy (non-hydrogen) atoms. The standard InChI is InChI=1S/C11H22N2O5S/c1-7(2)4-8(12-19(3,17)18)11(16)13-5-9(14)10(15)6-13/h7-10,12,14-15H,4-6H2,1-3H3. The fourth-order valence-corrected chi connectivity index (χ4v) is 2.81. The van der Waals surface area contributed by atoms with Gasteiger partial charge < -0.3 is 15.1 Å². The van der Waals surface area contributed by atoms with E-state index < -0.39 is 34.2 Å². The fraction of sp³-hybridized carbons (Fsp3) is 0.909. The summed E-state index contributed by atoms with van der Waals surface area (Å²) in [5.74, 6) is -0.268. The molecule has 0 aromatic rings. The monoisotopic (exact) mass is 294 g/mol. The van der Waals surface area contributed by atoms with E-state index in [9.17, 15) is 23.4 Å². The highest BCUT2D eigenvalue weighted by molar-refractivity contribution is 7.88. The van der Waals surface area contributed by atoms with Crippen LogP contribution in [0.4, 0.5) is 0 Å². The Morgan fingerprint density at radius 1 is 1.32 bits per heavy atom. The highest BCUT2D eigenvalue weighted by Crippen LogP contribution is 2.15. The summed E-state index contributed by atoms with van der Waals surface area (Å²) in [6.07, 6.45) is -0.570. The first kappa shape index (κ1) is 16.4. The van der Waals surface area contributed by atoms with Gasteiger partial charge in [-0.05, 0) is 12.3 Å². The van der Waals surface area contributed by atoms with Crippen LogP contribution in [0.15, 0.2) is 0 Å². The molecule has 0 spiro atoms. The number of rotatable bonds is 5. The van der Waals surface area contributed by atoms with Crippen molar-refractivity contribution in [3.63, 3.8) is 0 Å². The minimum atomic E-state index is -3.49. The van der Waals surface area contributed by atoms with Gasteiger partial charge in [-0.1, -0.05) is 13.8 Å². The molecule has 3 atom stereocenters. The summed E-state index contributed by atoms with van der Waals surface area (Å²) in [4.78, 5) is 13.5. The summed E-state index contributed by atoms with van der Waals surface area (Å²) < 4.78 is 24.9. The molecule has 1 saturated heterocycles. The summed E-state index contributed by atoms with van der Waals surface area (Å²) in [5.41, 5.74) is 0. The number of aliphatic hydroxyl groups excluding tert-OH is 2. The summed E-state index contributed by atoms with van der Waals surface area (Å²) in [5, 5.41) is 18.9. The minimum Gasteiger partial charge on any atom is -0.388 e. The number of carbonyl (C=O) groups is 1. The molecule has 1 rings (SSSR count). The van der Waals surface area contributed by atoms with Crippen LogP contribution < -0.4 is 4.72 Å². The smallest absolute Gasteiger partial charge is 0.240 e. The Kier molecular flexibility index (Phi) is 5.31. The van der Waals surface area contributed by atoms with Gasteiger partial charge in [0.15, 0.2) is 0 Å².